The van der Waals surface area contributed by atoms with Crippen LogP contribution in [0, 0.1) is 17.3 Å². The van der Waals surface area contributed by atoms with Crippen LogP contribution in [-0.4, -0.2) is 13.2 Å². The molecule has 2 aromatic rings. The molecule has 0 amide bonds. The smallest absolute Gasteiger partial charge is 0.119 e. The minimum Gasteiger partial charge on any atom is -0.497 e. The number of hydrogen-bond donors (Lipinski definition) is 1. The number of methoxy groups -OCH3 is 1. The number of rotatable bonds is 2. The molecule has 2 saturated carbocycles. The van der Waals surface area contributed by atoms with E-state index in [1.165, 1.54) is 43.4 Å². The van der Waals surface area contributed by atoms with Crippen molar-refractivity contribution in [3.05, 3.63) is 58.7 Å². The summed E-state index contributed by atoms with van der Waals surface area (Å²) in [5, 5.41) is 4.02. The molecule has 6 atom stereocenters. The van der Waals surface area contributed by atoms with Gasteiger partial charge in [-0.25, -0.2) is 0 Å². The zero-order valence-corrected chi connectivity index (χ0v) is 18.9. The van der Waals surface area contributed by atoms with Crippen LogP contribution in [0.2, 0.25) is 0 Å². The third-order valence-corrected chi connectivity index (χ3v) is 9.44. The van der Waals surface area contributed by atoms with E-state index in [0.29, 0.717) is 23.3 Å². The molecule has 30 heavy (non-hydrogen) atoms. The standard InChI is InChI=1S/C28H35NO/c1-16(2)17-6-10-26-23(14-17)24-15-25-22-8-5-18-13-19(30-4)7-9-20(18)21(22)11-12-28(25,3)27(24)29-26/h6-7,9-10,13-14,16,21-22,24-25,27,29H,5,8,11-12,15H2,1-4H3/t21-,22+,24+,25+,27-,28+/m1/s1. The van der Waals surface area contributed by atoms with Gasteiger partial charge < -0.3 is 10.1 Å². The number of nitrogens with one attached hydrogen (secondary N) is 1. The second-order valence-electron chi connectivity index (χ2n) is 11.0. The Balaban J connectivity index is 1.34. The second kappa shape index (κ2) is 6.52. The van der Waals surface area contributed by atoms with Crippen LogP contribution in [0.25, 0.3) is 0 Å². The lowest BCUT2D eigenvalue weighted by atomic mass is 9.55. The van der Waals surface area contributed by atoms with Crippen LogP contribution in [0.15, 0.2) is 36.4 Å². The largest absolute Gasteiger partial charge is 0.497 e. The highest BCUT2D eigenvalue weighted by molar-refractivity contribution is 5.62. The normalized spacial score (nSPS) is 35.7. The van der Waals surface area contributed by atoms with Crippen molar-refractivity contribution >= 4 is 5.69 Å². The number of aryl methyl sites for hydroxylation is 1. The summed E-state index contributed by atoms with van der Waals surface area (Å²) in [6, 6.07) is 14.7. The van der Waals surface area contributed by atoms with Gasteiger partial charge in [0.2, 0.25) is 0 Å². The summed E-state index contributed by atoms with van der Waals surface area (Å²) in [5.41, 5.74) is 8.11. The highest BCUT2D eigenvalue weighted by atomic mass is 16.5. The Labute approximate surface area is 181 Å². The van der Waals surface area contributed by atoms with Crippen molar-refractivity contribution < 1.29 is 4.74 Å². The Morgan fingerprint density at radius 2 is 1.90 bits per heavy atom. The van der Waals surface area contributed by atoms with E-state index in [4.69, 9.17) is 4.74 Å². The maximum Gasteiger partial charge on any atom is 0.119 e. The lowest BCUT2D eigenvalue weighted by Gasteiger charge is -2.51. The van der Waals surface area contributed by atoms with E-state index in [0.717, 1.165) is 23.5 Å². The molecular formula is C28H35NO. The third kappa shape index (κ3) is 2.49. The molecular weight excluding hydrogens is 366 g/mol. The number of anilines is 1. The summed E-state index contributed by atoms with van der Waals surface area (Å²) < 4.78 is 5.50. The quantitative estimate of drug-likeness (QED) is 0.593. The van der Waals surface area contributed by atoms with Crippen molar-refractivity contribution in [2.24, 2.45) is 17.3 Å². The summed E-state index contributed by atoms with van der Waals surface area (Å²) in [4.78, 5) is 0. The van der Waals surface area contributed by atoms with E-state index in [1.54, 1.807) is 23.8 Å². The molecule has 4 aliphatic rings. The van der Waals surface area contributed by atoms with Gasteiger partial charge in [0.25, 0.3) is 0 Å². The van der Waals surface area contributed by atoms with Crippen molar-refractivity contribution in [2.75, 3.05) is 12.4 Å². The predicted molar refractivity (Wildman–Crippen MR) is 124 cm³/mol. The molecule has 2 nitrogen and oxygen atoms in total. The third-order valence-electron chi connectivity index (χ3n) is 9.44. The highest BCUT2D eigenvalue weighted by Crippen LogP contribution is 2.66. The van der Waals surface area contributed by atoms with E-state index < -0.39 is 0 Å². The summed E-state index contributed by atoms with van der Waals surface area (Å²) in [7, 11) is 1.78. The van der Waals surface area contributed by atoms with Crippen molar-refractivity contribution in [3.63, 3.8) is 0 Å². The van der Waals surface area contributed by atoms with Crippen LogP contribution < -0.4 is 10.1 Å². The summed E-state index contributed by atoms with van der Waals surface area (Å²) in [6.45, 7) is 7.25. The number of benzene rings is 2. The zero-order chi connectivity index (χ0) is 20.6. The molecule has 0 unspecified atom stereocenters. The molecule has 2 aromatic carbocycles. The van der Waals surface area contributed by atoms with Gasteiger partial charge in [-0.3, -0.25) is 0 Å². The van der Waals surface area contributed by atoms with Crippen molar-refractivity contribution in [2.45, 2.75) is 76.7 Å². The lowest BCUT2D eigenvalue weighted by molar-refractivity contribution is 0.0536. The number of hydrogen-bond acceptors (Lipinski definition) is 2. The summed E-state index contributed by atoms with van der Waals surface area (Å²) in [6.07, 6.45) is 6.63. The zero-order valence-electron chi connectivity index (χ0n) is 18.9. The average Bonchev–Trinajstić information content (AvgIpc) is 3.26. The Kier molecular flexibility index (Phi) is 4.08. The topological polar surface area (TPSA) is 21.3 Å². The lowest BCUT2D eigenvalue weighted by Crippen LogP contribution is -2.46. The van der Waals surface area contributed by atoms with Gasteiger partial charge in [-0.15, -0.1) is 0 Å². The van der Waals surface area contributed by atoms with Gasteiger partial charge in [0.05, 0.1) is 7.11 Å². The monoisotopic (exact) mass is 401 g/mol. The first-order chi connectivity index (χ1) is 14.5. The van der Waals surface area contributed by atoms with E-state index in [1.807, 2.05) is 0 Å². The minimum atomic E-state index is 0.423. The first kappa shape index (κ1) is 18.8. The van der Waals surface area contributed by atoms with Crippen LogP contribution in [0.1, 0.15) is 86.5 Å². The fraction of sp³-hybridized carbons (Fsp3) is 0.571. The molecule has 0 bridgehead atoms. The van der Waals surface area contributed by atoms with Gasteiger partial charge in [-0.1, -0.05) is 39.0 Å². The maximum absolute atomic E-state index is 5.50. The van der Waals surface area contributed by atoms with E-state index in [-0.39, 0.29) is 0 Å². The van der Waals surface area contributed by atoms with Gasteiger partial charge in [0.15, 0.2) is 0 Å². The van der Waals surface area contributed by atoms with Crippen LogP contribution in [0.5, 0.6) is 5.75 Å². The highest BCUT2D eigenvalue weighted by Gasteiger charge is 2.60. The fourth-order valence-corrected chi connectivity index (χ4v) is 7.85. The Morgan fingerprint density at radius 1 is 1.03 bits per heavy atom. The molecule has 1 N–H and O–H groups in total. The molecule has 6 rings (SSSR count). The average molecular weight is 402 g/mol. The molecule has 2 fully saturated rings. The van der Waals surface area contributed by atoms with E-state index in [9.17, 15) is 0 Å². The predicted octanol–water partition coefficient (Wildman–Crippen LogP) is 6.86. The number of ether oxygens (including phenoxy) is 1. The SMILES string of the molecule is COc1ccc2c(c1)CC[C@H]1[C@@H]2CC[C@]2(C)[C@@H]3Nc4ccc(C(C)C)cc4[C@@H]3C[C@@H]12. The Hall–Kier alpha value is -1.96. The first-order valence-electron chi connectivity index (χ1n) is 12.1. The van der Waals surface area contributed by atoms with Crippen LogP contribution in [-0.2, 0) is 6.42 Å². The molecule has 1 heterocycles. The first-order valence-corrected chi connectivity index (χ1v) is 12.1. The molecule has 3 aliphatic carbocycles. The molecule has 0 radical (unpaired) electrons. The molecule has 0 spiro atoms. The van der Waals surface area contributed by atoms with Crippen molar-refractivity contribution in [1.82, 2.24) is 0 Å². The van der Waals surface area contributed by atoms with Gasteiger partial charge in [-0.2, -0.15) is 0 Å². The van der Waals surface area contributed by atoms with E-state index >= 15 is 0 Å². The second-order valence-corrected chi connectivity index (χ2v) is 11.0. The van der Waals surface area contributed by atoms with Gasteiger partial charge >= 0.3 is 0 Å². The molecule has 158 valence electrons. The molecule has 0 aromatic heterocycles. The summed E-state index contributed by atoms with van der Waals surface area (Å²) >= 11 is 0. The van der Waals surface area contributed by atoms with Gasteiger partial charge in [0.1, 0.15) is 5.75 Å². The maximum atomic E-state index is 5.50. The number of fused-ring (bicyclic) bond motifs is 9. The van der Waals surface area contributed by atoms with E-state index in [2.05, 4.69) is 62.5 Å². The van der Waals surface area contributed by atoms with Crippen LogP contribution in [0.4, 0.5) is 5.69 Å². The van der Waals surface area contributed by atoms with Crippen molar-refractivity contribution in [3.8, 4) is 5.75 Å². The van der Waals surface area contributed by atoms with Crippen LogP contribution in [0.3, 0.4) is 0 Å². The minimum absolute atomic E-state index is 0.423. The van der Waals surface area contributed by atoms with Gasteiger partial charge in [0, 0.05) is 17.6 Å². The fourth-order valence-electron chi connectivity index (χ4n) is 7.85. The van der Waals surface area contributed by atoms with Crippen molar-refractivity contribution in [1.29, 1.82) is 0 Å². The van der Waals surface area contributed by atoms with Crippen LogP contribution >= 0.6 is 0 Å². The Morgan fingerprint density at radius 3 is 2.70 bits per heavy atom. The molecule has 1 aliphatic heterocycles. The molecule has 2 heteroatoms. The summed E-state index contributed by atoms with van der Waals surface area (Å²) in [5.74, 6) is 4.75. The molecule has 0 saturated heterocycles. The van der Waals surface area contributed by atoms with Gasteiger partial charge in [-0.05, 0) is 102 Å². The Bertz CT molecular complexity index is 994.